The van der Waals surface area contributed by atoms with Gasteiger partial charge in [0.2, 0.25) is 5.82 Å². The fourth-order valence-corrected chi connectivity index (χ4v) is 1.77. The van der Waals surface area contributed by atoms with E-state index in [4.69, 9.17) is 5.11 Å². The number of rotatable bonds is 2. The van der Waals surface area contributed by atoms with Gasteiger partial charge in [0.15, 0.2) is 5.65 Å². The molecular formula is C9H8BrN3O2. The molecule has 0 aliphatic carbocycles. The normalized spacial score (nSPS) is 10.8. The highest BCUT2D eigenvalue weighted by atomic mass is 79.9. The third kappa shape index (κ3) is 1.61. The van der Waals surface area contributed by atoms with Gasteiger partial charge in [0, 0.05) is 17.2 Å². The Morgan fingerprint density at radius 1 is 1.67 bits per heavy atom. The summed E-state index contributed by atoms with van der Waals surface area (Å²) >= 11 is 3.27. The number of halogens is 1. The lowest BCUT2D eigenvalue weighted by Crippen LogP contribution is -2.08. The van der Waals surface area contributed by atoms with Crippen molar-refractivity contribution in [3.63, 3.8) is 0 Å². The third-order valence-corrected chi connectivity index (χ3v) is 2.49. The van der Waals surface area contributed by atoms with Crippen LogP contribution in [0, 0.1) is 0 Å². The molecule has 0 saturated heterocycles. The number of nitrogens with zero attached hydrogens (tertiary/aromatic N) is 3. The summed E-state index contributed by atoms with van der Waals surface area (Å²) in [6.45, 7) is 2.39. The van der Waals surface area contributed by atoms with Crippen LogP contribution in [0.5, 0.6) is 0 Å². The maximum absolute atomic E-state index is 10.9. The monoisotopic (exact) mass is 269 g/mol. The van der Waals surface area contributed by atoms with E-state index in [1.165, 1.54) is 0 Å². The quantitative estimate of drug-likeness (QED) is 0.905. The van der Waals surface area contributed by atoms with Gasteiger partial charge in [-0.15, -0.1) is 0 Å². The number of fused-ring (bicyclic) bond motifs is 1. The van der Waals surface area contributed by atoms with Crippen molar-refractivity contribution < 1.29 is 9.90 Å². The zero-order chi connectivity index (χ0) is 11.0. The number of pyridine rings is 1. The summed E-state index contributed by atoms with van der Waals surface area (Å²) < 4.78 is 2.36. The first-order valence-corrected chi connectivity index (χ1v) is 5.18. The SMILES string of the molecule is CCn1c(C(=O)O)nc2cc(Br)cnc21. The fourth-order valence-electron chi connectivity index (χ4n) is 1.45. The van der Waals surface area contributed by atoms with Crippen molar-refractivity contribution in [3.8, 4) is 0 Å². The topological polar surface area (TPSA) is 68.0 Å². The second-order valence-corrected chi connectivity index (χ2v) is 3.90. The van der Waals surface area contributed by atoms with E-state index in [1.807, 2.05) is 6.92 Å². The van der Waals surface area contributed by atoms with Gasteiger partial charge in [0.05, 0.1) is 0 Å². The molecular weight excluding hydrogens is 262 g/mol. The summed E-state index contributed by atoms with van der Waals surface area (Å²) in [5.74, 6) is -1.01. The molecule has 2 aromatic heterocycles. The predicted molar refractivity (Wildman–Crippen MR) is 57.9 cm³/mol. The van der Waals surface area contributed by atoms with Crippen LogP contribution in [0.15, 0.2) is 16.7 Å². The van der Waals surface area contributed by atoms with Crippen molar-refractivity contribution in [1.29, 1.82) is 0 Å². The molecule has 0 unspecified atom stereocenters. The third-order valence-electron chi connectivity index (χ3n) is 2.06. The molecule has 0 aromatic carbocycles. The molecule has 2 aromatic rings. The van der Waals surface area contributed by atoms with Crippen LogP contribution in [0.2, 0.25) is 0 Å². The minimum Gasteiger partial charge on any atom is -0.475 e. The summed E-state index contributed by atoms with van der Waals surface area (Å²) in [4.78, 5) is 19.1. The maximum atomic E-state index is 10.9. The van der Waals surface area contributed by atoms with E-state index < -0.39 is 5.97 Å². The lowest BCUT2D eigenvalue weighted by molar-refractivity contribution is 0.0679. The predicted octanol–water partition coefficient (Wildman–Crippen LogP) is 1.91. The Balaban J connectivity index is 2.78. The minimum atomic E-state index is -1.04. The maximum Gasteiger partial charge on any atom is 0.372 e. The van der Waals surface area contributed by atoms with E-state index in [1.54, 1.807) is 16.8 Å². The minimum absolute atomic E-state index is 0.0260. The molecule has 5 nitrogen and oxygen atoms in total. The molecule has 78 valence electrons. The highest BCUT2D eigenvalue weighted by Crippen LogP contribution is 2.18. The van der Waals surface area contributed by atoms with Gasteiger partial charge in [-0.3, -0.25) is 0 Å². The Kier molecular flexibility index (Phi) is 2.44. The molecule has 0 bridgehead atoms. The second kappa shape index (κ2) is 3.62. The Bertz CT molecular complexity index is 535. The number of hydrogen-bond acceptors (Lipinski definition) is 3. The van der Waals surface area contributed by atoms with Crippen LogP contribution in [0.3, 0.4) is 0 Å². The standard InChI is InChI=1S/C9H8BrN3O2/c1-2-13-7-6(3-5(10)4-11-7)12-8(13)9(14)15/h3-4H,2H2,1H3,(H,14,15). The number of imidazole rings is 1. The van der Waals surface area contributed by atoms with Crippen LogP contribution < -0.4 is 0 Å². The van der Waals surface area contributed by atoms with Crippen molar-refractivity contribution >= 4 is 33.1 Å². The van der Waals surface area contributed by atoms with Crippen LogP contribution in [0.25, 0.3) is 11.2 Å². The van der Waals surface area contributed by atoms with Crippen LogP contribution in [0.1, 0.15) is 17.5 Å². The van der Waals surface area contributed by atoms with E-state index in [9.17, 15) is 4.79 Å². The van der Waals surface area contributed by atoms with Crippen LogP contribution >= 0.6 is 15.9 Å². The molecule has 0 radical (unpaired) electrons. The number of carbonyl (C=O) groups is 1. The lowest BCUT2D eigenvalue weighted by atomic mass is 10.4. The first-order chi connectivity index (χ1) is 7.13. The van der Waals surface area contributed by atoms with Gasteiger partial charge in [-0.05, 0) is 28.9 Å². The summed E-state index contributed by atoms with van der Waals surface area (Å²) in [6.07, 6.45) is 1.63. The average Bonchev–Trinajstić information content (AvgIpc) is 2.55. The lowest BCUT2D eigenvalue weighted by Gasteiger charge is -2.00. The van der Waals surface area contributed by atoms with Crippen molar-refractivity contribution in [2.75, 3.05) is 0 Å². The number of carboxylic acids is 1. The molecule has 0 fully saturated rings. The van der Waals surface area contributed by atoms with E-state index >= 15 is 0 Å². The smallest absolute Gasteiger partial charge is 0.372 e. The molecule has 1 N–H and O–H groups in total. The summed E-state index contributed by atoms with van der Waals surface area (Å²) in [5, 5.41) is 8.94. The van der Waals surface area contributed by atoms with Gasteiger partial charge in [-0.2, -0.15) is 0 Å². The molecule has 0 saturated carbocycles. The molecule has 2 rings (SSSR count). The fraction of sp³-hybridized carbons (Fsp3) is 0.222. The van der Waals surface area contributed by atoms with Gasteiger partial charge in [-0.25, -0.2) is 14.8 Å². The van der Waals surface area contributed by atoms with Crippen molar-refractivity contribution in [1.82, 2.24) is 14.5 Å². The van der Waals surface area contributed by atoms with Gasteiger partial charge in [0.25, 0.3) is 0 Å². The van der Waals surface area contributed by atoms with E-state index in [0.29, 0.717) is 17.7 Å². The Morgan fingerprint density at radius 2 is 2.40 bits per heavy atom. The van der Waals surface area contributed by atoms with Gasteiger partial charge in [0.1, 0.15) is 5.52 Å². The van der Waals surface area contributed by atoms with Gasteiger partial charge in [-0.1, -0.05) is 0 Å². The largest absolute Gasteiger partial charge is 0.475 e. The number of aryl methyl sites for hydroxylation is 1. The zero-order valence-corrected chi connectivity index (χ0v) is 9.52. The van der Waals surface area contributed by atoms with Crippen molar-refractivity contribution in [3.05, 3.63) is 22.6 Å². The molecule has 0 amide bonds. The average molecular weight is 270 g/mol. The second-order valence-electron chi connectivity index (χ2n) is 2.98. The van der Waals surface area contributed by atoms with Crippen LogP contribution in [0.4, 0.5) is 0 Å². The number of aromatic nitrogens is 3. The highest BCUT2D eigenvalue weighted by molar-refractivity contribution is 9.10. The highest BCUT2D eigenvalue weighted by Gasteiger charge is 2.16. The Hall–Kier alpha value is -1.43. The Labute approximate surface area is 93.9 Å². The number of carboxylic acid groups (broad SMARTS) is 1. The number of hydrogen-bond donors (Lipinski definition) is 1. The summed E-state index contributed by atoms with van der Waals surface area (Å²) in [7, 11) is 0. The first-order valence-electron chi connectivity index (χ1n) is 4.38. The van der Waals surface area contributed by atoms with E-state index in [-0.39, 0.29) is 5.82 Å². The van der Waals surface area contributed by atoms with E-state index in [2.05, 4.69) is 25.9 Å². The van der Waals surface area contributed by atoms with E-state index in [0.717, 1.165) is 4.47 Å². The molecule has 15 heavy (non-hydrogen) atoms. The zero-order valence-electron chi connectivity index (χ0n) is 7.94. The molecule has 6 heteroatoms. The molecule has 2 heterocycles. The van der Waals surface area contributed by atoms with Gasteiger partial charge < -0.3 is 9.67 Å². The first kappa shape index (κ1) is 10.1. The summed E-state index contributed by atoms with van der Waals surface area (Å²) in [5.41, 5.74) is 1.18. The molecule has 0 atom stereocenters. The van der Waals surface area contributed by atoms with Crippen molar-refractivity contribution in [2.24, 2.45) is 0 Å². The molecule has 0 aliphatic heterocycles. The molecule has 0 spiro atoms. The van der Waals surface area contributed by atoms with Crippen LogP contribution in [-0.2, 0) is 6.54 Å². The number of aromatic carboxylic acids is 1. The summed E-state index contributed by atoms with van der Waals surface area (Å²) in [6, 6.07) is 1.75. The molecule has 0 aliphatic rings. The van der Waals surface area contributed by atoms with Gasteiger partial charge >= 0.3 is 5.97 Å². The van der Waals surface area contributed by atoms with Crippen molar-refractivity contribution in [2.45, 2.75) is 13.5 Å². The van der Waals surface area contributed by atoms with Crippen LogP contribution in [-0.4, -0.2) is 25.6 Å². The Morgan fingerprint density at radius 3 is 3.00 bits per heavy atom.